The molecule has 0 saturated carbocycles. The molecule has 0 bridgehead atoms. The van der Waals surface area contributed by atoms with E-state index in [1.165, 1.54) is 13.0 Å². The van der Waals surface area contributed by atoms with Gasteiger partial charge in [-0.3, -0.25) is 4.79 Å². The van der Waals surface area contributed by atoms with Gasteiger partial charge >= 0.3 is 0 Å². The topological polar surface area (TPSA) is 44.4 Å². The van der Waals surface area contributed by atoms with Crippen LogP contribution in [-0.4, -0.2) is 50.6 Å². The van der Waals surface area contributed by atoms with Crippen LogP contribution in [0.1, 0.15) is 20.3 Å². The molecule has 1 heterocycles. The summed E-state index contributed by atoms with van der Waals surface area (Å²) in [5, 5.41) is 6.07. The fourth-order valence-electron chi connectivity index (χ4n) is 2.18. The highest BCUT2D eigenvalue weighted by atomic mass is 16.1. The van der Waals surface area contributed by atoms with Crippen LogP contribution in [0.2, 0.25) is 0 Å². The van der Waals surface area contributed by atoms with E-state index in [0.717, 1.165) is 26.2 Å². The summed E-state index contributed by atoms with van der Waals surface area (Å²) in [5.41, 5.74) is 0. The van der Waals surface area contributed by atoms with Crippen molar-refractivity contribution in [3.05, 3.63) is 0 Å². The second-order valence-electron chi connectivity index (χ2n) is 4.75. The van der Waals surface area contributed by atoms with Gasteiger partial charge in [0, 0.05) is 25.6 Å². The molecule has 0 radical (unpaired) electrons. The molecule has 1 rings (SSSR count). The molecule has 1 fully saturated rings. The third-order valence-electron chi connectivity index (χ3n) is 3.34. The van der Waals surface area contributed by atoms with Crippen LogP contribution in [0.3, 0.4) is 0 Å². The third kappa shape index (κ3) is 4.10. The van der Waals surface area contributed by atoms with E-state index in [-0.39, 0.29) is 11.8 Å². The van der Waals surface area contributed by atoms with Gasteiger partial charge in [-0.05, 0) is 32.5 Å². The first-order chi connectivity index (χ1) is 7.67. The van der Waals surface area contributed by atoms with Gasteiger partial charge in [0.15, 0.2) is 0 Å². The van der Waals surface area contributed by atoms with E-state index >= 15 is 0 Å². The lowest BCUT2D eigenvalue weighted by atomic mass is 10.1. The Morgan fingerprint density at radius 1 is 1.56 bits per heavy atom. The van der Waals surface area contributed by atoms with E-state index < -0.39 is 0 Å². The van der Waals surface area contributed by atoms with Crippen LogP contribution in [0.15, 0.2) is 0 Å². The second-order valence-corrected chi connectivity index (χ2v) is 4.75. The zero-order valence-electron chi connectivity index (χ0n) is 10.8. The number of rotatable bonds is 6. The average molecular weight is 227 g/mol. The van der Waals surface area contributed by atoms with Crippen LogP contribution in [0.4, 0.5) is 0 Å². The smallest absolute Gasteiger partial charge is 0.224 e. The van der Waals surface area contributed by atoms with Crippen molar-refractivity contribution in [3.8, 4) is 0 Å². The molecule has 16 heavy (non-hydrogen) atoms. The minimum absolute atomic E-state index is 0.0636. The van der Waals surface area contributed by atoms with Crippen molar-refractivity contribution in [2.75, 3.05) is 39.8 Å². The molecule has 2 atom stereocenters. The molecule has 2 unspecified atom stereocenters. The van der Waals surface area contributed by atoms with Crippen molar-refractivity contribution < 1.29 is 4.79 Å². The van der Waals surface area contributed by atoms with Crippen molar-refractivity contribution in [2.45, 2.75) is 20.3 Å². The van der Waals surface area contributed by atoms with Gasteiger partial charge in [-0.25, -0.2) is 0 Å². The van der Waals surface area contributed by atoms with Crippen molar-refractivity contribution in [3.63, 3.8) is 0 Å². The van der Waals surface area contributed by atoms with E-state index in [1.807, 2.05) is 14.0 Å². The number of amides is 1. The Morgan fingerprint density at radius 3 is 2.88 bits per heavy atom. The minimum Gasteiger partial charge on any atom is -0.356 e. The van der Waals surface area contributed by atoms with Gasteiger partial charge in [0.05, 0.1) is 0 Å². The number of hydrogen-bond donors (Lipinski definition) is 2. The molecule has 1 saturated heterocycles. The van der Waals surface area contributed by atoms with Crippen LogP contribution in [0, 0.1) is 11.8 Å². The number of nitrogens with zero attached hydrogens (tertiary/aromatic N) is 1. The summed E-state index contributed by atoms with van der Waals surface area (Å²) < 4.78 is 0. The Kier molecular flexibility index (Phi) is 5.77. The van der Waals surface area contributed by atoms with Crippen LogP contribution in [0.25, 0.3) is 0 Å². The van der Waals surface area contributed by atoms with Crippen LogP contribution >= 0.6 is 0 Å². The molecular formula is C12H25N3O. The Hall–Kier alpha value is -0.610. The zero-order valence-corrected chi connectivity index (χ0v) is 10.8. The predicted molar refractivity (Wildman–Crippen MR) is 66.3 cm³/mol. The molecule has 94 valence electrons. The highest BCUT2D eigenvalue weighted by Gasteiger charge is 2.22. The molecule has 0 aromatic rings. The lowest BCUT2D eigenvalue weighted by Gasteiger charge is -2.16. The quantitative estimate of drug-likeness (QED) is 0.686. The summed E-state index contributed by atoms with van der Waals surface area (Å²) in [5.74, 6) is 0.878. The van der Waals surface area contributed by atoms with Gasteiger partial charge in [-0.2, -0.15) is 0 Å². The molecule has 0 aromatic carbocycles. The van der Waals surface area contributed by atoms with E-state index in [0.29, 0.717) is 5.92 Å². The standard InChI is InChI=1S/C12H25N3O/c1-4-15-6-5-11(9-15)8-14-12(16)10(2)7-13-3/h10-11,13H,4-9H2,1-3H3,(H,14,16). The normalized spacial score (nSPS) is 23.3. The van der Waals surface area contributed by atoms with Gasteiger partial charge in [0.2, 0.25) is 5.91 Å². The maximum atomic E-state index is 11.7. The SMILES string of the molecule is CCN1CCC(CNC(=O)C(C)CNC)C1. The molecule has 2 N–H and O–H groups in total. The Morgan fingerprint density at radius 2 is 2.31 bits per heavy atom. The monoisotopic (exact) mass is 227 g/mol. The molecule has 1 aliphatic heterocycles. The van der Waals surface area contributed by atoms with Crippen molar-refractivity contribution >= 4 is 5.91 Å². The number of likely N-dealkylation sites (tertiary alicyclic amines) is 1. The van der Waals surface area contributed by atoms with Gasteiger partial charge in [0.1, 0.15) is 0 Å². The molecule has 0 aromatic heterocycles. The first kappa shape index (κ1) is 13.5. The minimum atomic E-state index is 0.0636. The Labute approximate surface area is 98.8 Å². The summed E-state index contributed by atoms with van der Waals surface area (Å²) >= 11 is 0. The zero-order chi connectivity index (χ0) is 12.0. The van der Waals surface area contributed by atoms with Gasteiger partial charge in [0.25, 0.3) is 0 Å². The van der Waals surface area contributed by atoms with Gasteiger partial charge < -0.3 is 15.5 Å². The molecule has 4 heteroatoms. The molecule has 0 aliphatic carbocycles. The first-order valence-corrected chi connectivity index (χ1v) is 6.32. The molecule has 1 amide bonds. The second kappa shape index (κ2) is 6.86. The summed E-state index contributed by atoms with van der Waals surface area (Å²) in [7, 11) is 1.87. The predicted octanol–water partition coefficient (Wildman–Crippen LogP) is 0.300. The van der Waals surface area contributed by atoms with Gasteiger partial charge in [-0.1, -0.05) is 13.8 Å². The maximum Gasteiger partial charge on any atom is 0.224 e. The van der Waals surface area contributed by atoms with Crippen LogP contribution in [-0.2, 0) is 4.79 Å². The fourth-order valence-corrected chi connectivity index (χ4v) is 2.18. The fraction of sp³-hybridized carbons (Fsp3) is 0.917. The average Bonchev–Trinajstić information content (AvgIpc) is 2.74. The number of carbonyl (C=O) groups is 1. The van der Waals surface area contributed by atoms with Crippen LogP contribution < -0.4 is 10.6 Å². The van der Waals surface area contributed by atoms with Crippen molar-refractivity contribution in [2.24, 2.45) is 11.8 Å². The molecule has 1 aliphatic rings. The Balaban J connectivity index is 2.17. The molecule has 0 spiro atoms. The number of nitrogens with one attached hydrogen (secondary N) is 2. The maximum absolute atomic E-state index is 11.7. The first-order valence-electron chi connectivity index (χ1n) is 6.32. The highest BCUT2D eigenvalue weighted by Crippen LogP contribution is 2.14. The highest BCUT2D eigenvalue weighted by molar-refractivity contribution is 5.78. The van der Waals surface area contributed by atoms with E-state index in [1.54, 1.807) is 0 Å². The van der Waals surface area contributed by atoms with E-state index in [4.69, 9.17) is 0 Å². The summed E-state index contributed by atoms with van der Waals surface area (Å²) in [4.78, 5) is 14.1. The van der Waals surface area contributed by atoms with Crippen molar-refractivity contribution in [1.82, 2.24) is 15.5 Å². The van der Waals surface area contributed by atoms with E-state index in [9.17, 15) is 4.79 Å². The van der Waals surface area contributed by atoms with Crippen LogP contribution in [0.5, 0.6) is 0 Å². The lowest BCUT2D eigenvalue weighted by molar-refractivity contribution is -0.124. The Bertz CT molecular complexity index is 220. The summed E-state index contributed by atoms with van der Waals surface area (Å²) in [6, 6.07) is 0. The lowest BCUT2D eigenvalue weighted by Crippen LogP contribution is -2.37. The van der Waals surface area contributed by atoms with Gasteiger partial charge in [-0.15, -0.1) is 0 Å². The summed E-state index contributed by atoms with van der Waals surface area (Å²) in [6.45, 7) is 9.18. The third-order valence-corrected chi connectivity index (χ3v) is 3.34. The largest absolute Gasteiger partial charge is 0.356 e. The molecular weight excluding hydrogens is 202 g/mol. The summed E-state index contributed by atoms with van der Waals surface area (Å²) in [6.07, 6.45) is 1.22. The number of carbonyl (C=O) groups excluding carboxylic acids is 1. The molecule has 4 nitrogen and oxygen atoms in total. The number of hydrogen-bond acceptors (Lipinski definition) is 3. The van der Waals surface area contributed by atoms with Crippen molar-refractivity contribution in [1.29, 1.82) is 0 Å². The van der Waals surface area contributed by atoms with E-state index in [2.05, 4.69) is 22.5 Å².